The average Bonchev–Trinajstić information content (AvgIpc) is 2.88. The molecule has 0 bridgehead atoms. The summed E-state index contributed by atoms with van der Waals surface area (Å²) in [6, 6.07) is 12.1. The normalized spacial score (nSPS) is 14.7. The lowest BCUT2D eigenvalue weighted by Gasteiger charge is -1.91. The topological polar surface area (TPSA) is 24.9 Å². The van der Waals surface area contributed by atoms with Gasteiger partial charge in [0, 0.05) is 11.6 Å². The van der Waals surface area contributed by atoms with Gasteiger partial charge in [-0.15, -0.1) is 0 Å². The molecule has 0 amide bonds. The molecule has 0 saturated carbocycles. The van der Waals surface area contributed by atoms with E-state index in [0.717, 1.165) is 5.52 Å². The second-order valence-corrected chi connectivity index (χ2v) is 3.65. The zero-order valence-corrected chi connectivity index (χ0v) is 8.82. The number of rotatable bonds is 0. The third-order valence-electron chi connectivity index (χ3n) is 2.47. The van der Waals surface area contributed by atoms with Crippen molar-refractivity contribution in [2.24, 2.45) is 0 Å². The van der Waals surface area contributed by atoms with E-state index in [9.17, 15) is 0 Å². The van der Waals surface area contributed by atoms with Gasteiger partial charge in [0.15, 0.2) is 0 Å². The van der Waals surface area contributed by atoms with Gasteiger partial charge in [-0.1, -0.05) is 24.3 Å². The molecule has 2 nitrogen and oxygen atoms in total. The molecule has 0 spiro atoms. The molecule has 2 heteroatoms. The summed E-state index contributed by atoms with van der Waals surface area (Å²) in [6.07, 6.45) is 4.59. The number of benzene rings is 1. The Labute approximate surface area is 90.3 Å². The maximum absolute atomic E-state index is 4.18. The van der Waals surface area contributed by atoms with Crippen molar-refractivity contribution in [3.8, 4) is 0 Å². The van der Waals surface area contributed by atoms with Crippen LogP contribution in [-0.4, -0.2) is 18.1 Å². The van der Waals surface area contributed by atoms with E-state index in [0.29, 0.717) is 0 Å². The summed E-state index contributed by atoms with van der Waals surface area (Å²) in [4.78, 5) is 4.18. The second kappa shape index (κ2) is 5.47. The van der Waals surface area contributed by atoms with Gasteiger partial charge in [-0.05, 0) is 38.1 Å². The molecule has 1 aromatic carbocycles. The number of para-hydroxylation sites is 1. The van der Waals surface area contributed by atoms with Crippen LogP contribution in [-0.2, 0) is 0 Å². The van der Waals surface area contributed by atoms with Crippen LogP contribution in [0.2, 0.25) is 0 Å². The number of aromatic nitrogens is 1. The fraction of sp³-hybridized carbons (Fsp3) is 0.308. The second-order valence-electron chi connectivity index (χ2n) is 3.65. The predicted molar refractivity (Wildman–Crippen MR) is 63.8 cm³/mol. The number of hydrogen-bond acceptors (Lipinski definition) is 2. The van der Waals surface area contributed by atoms with Gasteiger partial charge in [-0.2, -0.15) is 0 Å². The van der Waals surface area contributed by atoms with Gasteiger partial charge in [-0.3, -0.25) is 4.98 Å². The quantitative estimate of drug-likeness (QED) is 0.707. The molecule has 78 valence electrons. The molecule has 1 aromatic heterocycles. The van der Waals surface area contributed by atoms with E-state index < -0.39 is 0 Å². The van der Waals surface area contributed by atoms with Crippen molar-refractivity contribution in [2.75, 3.05) is 13.1 Å². The van der Waals surface area contributed by atoms with Crippen LogP contribution in [0.1, 0.15) is 12.8 Å². The number of hydrogen-bond donors (Lipinski definition) is 1. The minimum absolute atomic E-state index is 1.06. The number of nitrogens with zero attached hydrogens (tertiary/aromatic N) is 1. The van der Waals surface area contributed by atoms with Gasteiger partial charge in [0.2, 0.25) is 0 Å². The lowest BCUT2D eigenvalue weighted by molar-refractivity contribution is 0.857. The smallest absolute Gasteiger partial charge is 0.0701 e. The Balaban J connectivity index is 0.000000144. The number of fused-ring (bicyclic) bond motifs is 1. The lowest BCUT2D eigenvalue weighted by atomic mass is 10.2. The molecular formula is C13H16N2. The molecule has 1 N–H and O–H groups in total. The summed E-state index contributed by atoms with van der Waals surface area (Å²) in [7, 11) is 0. The van der Waals surface area contributed by atoms with Crippen LogP contribution >= 0.6 is 0 Å². The highest BCUT2D eigenvalue weighted by Gasteiger charge is 1.93. The highest BCUT2D eigenvalue weighted by Crippen LogP contribution is 2.07. The molecule has 0 aliphatic carbocycles. The molecule has 1 saturated heterocycles. The van der Waals surface area contributed by atoms with Crippen molar-refractivity contribution in [1.29, 1.82) is 0 Å². The van der Waals surface area contributed by atoms with Crippen molar-refractivity contribution < 1.29 is 0 Å². The fourth-order valence-electron chi connectivity index (χ4n) is 1.64. The van der Waals surface area contributed by atoms with Crippen LogP contribution in [0.25, 0.3) is 10.9 Å². The van der Waals surface area contributed by atoms with Crippen molar-refractivity contribution in [3.05, 3.63) is 42.6 Å². The van der Waals surface area contributed by atoms with Gasteiger partial charge in [0.05, 0.1) is 5.52 Å². The Bertz CT molecular complexity index is 335. The van der Waals surface area contributed by atoms with Gasteiger partial charge in [0.1, 0.15) is 0 Å². The molecule has 2 heterocycles. The number of pyridine rings is 1. The van der Waals surface area contributed by atoms with Gasteiger partial charge < -0.3 is 5.32 Å². The summed E-state index contributed by atoms with van der Waals surface area (Å²) >= 11 is 0. The molecule has 1 fully saturated rings. The van der Waals surface area contributed by atoms with E-state index >= 15 is 0 Å². The molecule has 2 aromatic rings. The first-order valence-electron chi connectivity index (χ1n) is 5.47. The maximum atomic E-state index is 4.18. The average molecular weight is 200 g/mol. The molecule has 15 heavy (non-hydrogen) atoms. The Kier molecular flexibility index (Phi) is 3.69. The number of nitrogens with one attached hydrogen (secondary N) is 1. The van der Waals surface area contributed by atoms with Gasteiger partial charge in [0.25, 0.3) is 0 Å². The van der Waals surface area contributed by atoms with E-state index in [-0.39, 0.29) is 0 Å². The Hall–Kier alpha value is -1.41. The van der Waals surface area contributed by atoms with Crippen LogP contribution < -0.4 is 5.32 Å². The van der Waals surface area contributed by atoms with E-state index in [1.807, 2.05) is 30.5 Å². The van der Waals surface area contributed by atoms with E-state index in [2.05, 4.69) is 22.4 Å². The van der Waals surface area contributed by atoms with Crippen LogP contribution in [0.5, 0.6) is 0 Å². The Morgan fingerprint density at radius 3 is 2.33 bits per heavy atom. The molecule has 0 unspecified atom stereocenters. The Morgan fingerprint density at radius 2 is 1.67 bits per heavy atom. The fourth-order valence-corrected chi connectivity index (χ4v) is 1.64. The first-order valence-corrected chi connectivity index (χ1v) is 5.47. The summed E-state index contributed by atoms with van der Waals surface area (Å²) < 4.78 is 0. The van der Waals surface area contributed by atoms with Gasteiger partial charge in [-0.25, -0.2) is 0 Å². The predicted octanol–water partition coefficient (Wildman–Crippen LogP) is 2.60. The zero-order chi connectivity index (χ0) is 10.3. The van der Waals surface area contributed by atoms with Crippen molar-refractivity contribution >= 4 is 10.9 Å². The highest BCUT2D eigenvalue weighted by molar-refractivity contribution is 5.77. The Morgan fingerprint density at radius 1 is 0.933 bits per heavy atom. The standard InChI is InChI=1S/C9H7N.C4H9N/c1-2-6-9-8(4-1)5-3-7-10-9;1-2-4-5-3-1/h1-7H;5H,1-4H2. The van der Waals surface area contributed by atoms with Gasteiger partial charge >= 0.3 is 0 Å². The van der Waals surface area contributed by atoms with E-state index in [4.69, 9.17) is 0 Å². The van der Waals surface area contributed by atoms with E-state index in [1.165, 1.54) is 31.3 Å². The van der Waals surface area contributed by atoms with Crippen molar-refractivity contribution in [3.63, 3.8) is 0 Å². The molecule has 0 radical (unpaired) electrons. The molecule has 1 aliphatic heterocycles. The summed E-state index contributed by atoms with van der Waals surface area (Å²) in [5.74, 6) is 0. The minimum atomic E-state index is 1.06. The minimum Gasteiger partial charge on any atom is -0.317 e. The van der Waals surface area contributed by atoms with Crippen molar-refractivity contribution in [2.45, 2.75) is 12.8 Å². The van der Waals surface area contributed by atoms with Crippen LogP contribution in [0.4, 0.5) is 0 Å². The molecule has 3 rings (SSSR count). The third kappa shape index (κ3) is 3.03. The highest BCUT2D eigenvalue weighted by atomic mass is 14.9. The lowest BCUT2D eigenvalue weighted by Crippen LogP contribution is -2.03. The van der Waals surface area contributed by atoms with Crippen LogP contribution in [0.3, 0.4) is 0 Å². The summed E-state index contributed by atoms with van der Waals surface area (Å²) in [5, 5.41) is 4.42. The monoisotopic (exact) mass is 200 g/mol. The molecule has 0 atom stereocenters. The summed E-state index contributed by atoms with van der Waals surface area (Å²) in [5.41, 5.74) is 1.06. The maximum Gasteiger partial charge on any atom is 0.0701 e. The molecular weight excluding hydrogens is 184 g/mol. The first kappa shape index (κ1) is 10.1. The van der Waals surface area contributed by atoms with E-state index in [1.54, 1.807) is 0 Å². The largest absolute Gasteiger partial charge is 0.317 e. The summed E-state index contributed by atoms with van der Waals surface area (Å²) in [6.45, 7) is 2.50. The van der Waals surface area contributed by atoms with Crippen LogP contribution in [0, 0.1) is 0 Å². The van der Waals surface area contributed by atoms with Crippen molar-refractivity contribution in [1.82, 2.24) is 10.3 Å². The third-order valence-corrected chi connectivity index (χ3v) is 2.47. The zero-order valence-electron chi connectivity index (χ0n) is 8.82. The van der Waals surface area contributed by atoms with Crippen LogP contribution in [0.15, 0.2) is 42.6 Å². The first-order chi connectivity index (χ1) is 7.47. The molecule has 1 aliphatic rings. The SMILES string of the molecule is C1CCNC1.c1ccc2ncccc2c1.